The summed E-state index contributed by atoms with van der Waals surface area (Å²) in [5.41, 5.74) is 4.93. The Balaban J connectivity index is 0.000000166. The first-order valence-corrected chi connectivity index (χ1v) is 18.2. The molecule has 1 aromatic heterocycles. The van der Waals surface area contributed by atoms with Crippen LogP contribution in [0.5, 0.6) is 17.2 Å². The number of aromatic nitrogens is 1. The van der Waals surface area contributed by atoms with Crippen molar-refractivity contribution >= 4 is 17.1 Å². The SMILES string of the molecule is O=C1Cc2cc(-c3ccc(OC(F)(F)F)cc3)ccc2O1.O=c1oc2ccc(-c3ccc(OC(F)(F)F)cc3)cc2n1CC1CCOCC1.OCC1CCOCC1. The molecule has 3 aliphatic heterocycles. The molecule has 0 bridgehead atoms. The Hall–Kier alpha value is -5.32. The first kappa shape index (κ1) is 41.3. The van der Waals surface area contributed by atoms with Crippen LogP contribution in [-0.4, -0.2) is 61.4 Å². The number of aliphatic hydroxyl groups is 1. The van der Waals surface area contributed by atoms with E-state index in [0.29, 0.717) is 60.6 Å². The van der Waals surface area contributed by atoms with Gasteiger partial charge >= 0.3 is 24.5 Å². The van der Waals surface area contributed by atoms with Crippen molar-refractivity contribution in [2.75, 3.05) is 33.0 Å². The van der Waals surface area contributed by atoms with Gasteiger partial charge in [0.05, 0.1) is 11.9 Å². The fourth-order valence-corrected chi connectivity index (χ4v) is 6.54. The number of nitrogens with zero attached hydrogens (tertiary/aromatic N) is 1. The topological polar surface area (TPSA) is 119 Å². The van der Waals surface area contributed by atoms with E-state index in [1.165, 1.54) is 36.4 Å². The van der Waals surface area contributed by atoms with Crippen molar-refractivity contribution in [2.45, 2.75) is 51.4 Å². The van der Waals surface area contributed by atoms with E-state index < -0.39 is 18.5 Å². The molecule has 3 aliphatic rings. The zero-order valence-electron chi connectivity index (χ0n) is 30.4. The molecule has 16 heteroatoms. The first-order chi connectivity index (χ1) is 27.2. The smallest absolute Gasteiger partial charge is 0.426 e. The van der Waals surface area contributed by atoms with Crippen LogP contribution in [0.2, 0.25) is 0 Å². The highest BCUT2D eigenvalue weighted by molar-refractivity contribution is 5.83. The summed E-state index contributed by atoms with van der Waals surface area (Å²) in [5, 5.41) is 8.64. The maximum atomic E-state index is 12.3. The molecular formula is C41H39F6NO9. The predicted octanol–water partition coefficient (Wildman–Crippen LogP) is 8.71. The molecule has 4 heterocycles. The van der Waals surface area contributed by atoms with E-state index in [1.807, 2.05) is 6.07 Å². The van der Waals surface area contributed by atoms with Gasteiger partial charge in [-0.2, -0.15) is 0 Å². The summed E-state index contributed by atoms with van der Waals surface area (Å²) in [7, 11) is 0. The van der Waals surface area contributed by atoms with Gasteiger partial charge in [0.1, 0.15) is 17.2 Å². The molecule has 0 unspecified atom stereocenters. The number of oxazole rings is 1. The Morgan fingerprint density at radius 3 is 1.65 bits per heavy atom. The lowest BCUT2D eigenvalue weighted by atomic mass is 10.00. The van der Waals surface area contributed by atoms with Gasteiger partial charge in [-0.1, -0.05) is 36.4 Å². The van der Waals surface area contributed by atoms with E-state index >= 15 is 0 Å². The molecule has 0 saturated carbocycles. The van der Waals surface area contributed by atoms with Gasteiger partial charge in [0, 0.05) is 45.1 Å². The van der Waals surface area contributed by atoms with E-state index in [9.17, 15) is 35.9 Å². The number of benzene rings is 4. The zero-order valence-corrected chi connectivity index (χ0v) is 30.4. The molecule has 10 nitrogen and oxygen atoms in total. The third-order valence-electron chi connectivity index (χ3n) is 9.51. The van der Waals surface area contributed by atoms with Gasteiger partial charge in [-0.15, -0.1) is 26.3 Å². The molecule has 2 saturated heterocycles. The summed E-state index contributed by atoms with van der Waals surface area (Å²) in [4.78, 5) is 23.5. The normalized spacial score (nSPS) is 16.2. The molecule has 0 atom stereocenters. The molecule has 0 spiro atoms. The van der Waals surface area contributed by atoms with Gasteiger partial charge in [0.2, 0.25) is 0 Å². The van der Waals surface area contributed by atoms with Gasteiger partial charge in [-0.3, -0.25) is 9.36 Å². The molecule has 0 amide bonds. The average Bonchev–Trinajstić information content (AvgIpc) is 3.72. The molecule has 0 aliphatic carbocycles. The van der Waals surface area contributed by atoms with Crippen LogP contribution in [0.25, 0.3) is 33.4 Å². The quantitative estimate of drug-likeness (QED) is 0.0980. The summed E-state index contributed by atoms with van der Waals surface area (Å²) in [6, 6.07) is 21.7. The van der Waals surface area contributed by atoms with E-state index in [0.717, 1.165) is 61.2 Å². The highest BCUT2D eigenvalue weighted by atomic mass is 19.4. The second kappa shape index (κ2) is 18.3. The molecule has 5 aromatic rings. The van der Waals surface area contributed by atoms with Gasteiger partial charge in [-0.05, 0) is 108 Å². The number of alkyl halides is 6. The van der Waals surface area contributed by atoms with Crippen LogP contribution in [0.3, 0.4) is 0 Å². The lowest BCUT2D eigenvalue weighted by molar-refractivity contribution is -0.275. The number of esters is 1. The number of halogens is 6. The minimum Gasteiger partial charge on any atom is -0.426 e. The molecule has 8 rings (SSSR count). The number of fused-ring (bicyclic) bond motifs is 2. The number of aliphatic hydroxyl groups excluding tert-OH is 1. The minimum absolute atomic E-state index is 0.207. The van der Waals surface area contributed by atoms with Crippen molar-refractivity contribution in [3.63, 3.8) is 0 Å². The lowest BCUT2D eigenvalue weighted by Gasteiger charge is -2.21. The number of rotatable bonds is 7. The largest absolute Gasteiger partial charge is 0.573 e. The van der Waals surface area contributed by atoms with Crippen molar-refractivity contribution in [3.05, 3.63) is 101 Å². The highest BCUT2D eigenvalue weighted by Crippen LogP contribution is 2.33. The predicted molar refractivity (Wildman–Crippen MR) is 195 cm³/mol. The van der Waals surface area contributed by atoms with E-state index in [-0.39, 0.29) is 23.9 Å². The summed E-state index contributed by atoms with van der Waals surface area (Å²) < 4.78 is 103. The van der Waals surface area contributed by atoms with Crippen molar-refractivity contribution in [3.8, 4) is 39.5 Å². The van der Waals surface area contributed by atoms with Gasteiger partial charge in [0.15, 0.2) is 5.58 Å². The van der Waals surface area contributed by atoms with Crippen LogP contribution in [0.1, 0.15) is 31.2 Å². The third kappa shape index (κ3) is 11.8. The molecule has 1 N–H and O–H groups in total. The number of hydrogen-bond acceptors (Lipinski definition) is 9. The molecule has 4 aromatic carbocycles. The van der Waals surface area contributed by atoms with Gasteiger partial charge < -0.3 is 33.2 Å². The zero-order chi connectivity index (χ0) is 40.6. The summed E-state index contributed by atoms with van der Waals surface area (Å²) in [6.07, 6.45) is -5.37. The van der Waals surface area contributed by atoms with E-state index in [2.05, 4.69) is 9.47 Å². The fraction of sp³-hybridized carbons (Fsp3) is 0.366. The molecule has 57 heavy (non-hydrogen) atoms. The van der Waals surface area contributed by atoms with E-state index in [1.54, 1.807) is 47.0 Å². The highest BCUT2D eigenvalue weighted by Gasteiger charge is 2.32. The van der Waals surface area contributed by atoms with Crippen LogP contribution >= 0.6 is 0 Å². The summed E-state index contributed by atoms with van der Waals surface area (Å²) >= 11 is 0. The standard InChI is InChI=1S/C20H18F3NO4.C15H9F3O3.C6H12O2/c21-20(22,23)28-16-4-1-14(2-5-16)15-3-6-18-17(11-15)24(19(25)27-18)12-13-7-9-26-10-8-13;16-15(17,18)21-12-4-1-9(2-5-12)10-3-6-13-11(7-10)8-14(19)20-13;7-5-6-1-3-8-4-2-6/h1-6,11,13H,7-10,12H2;1-7H,8H2;6-7H,1-5H2. The van der Waals surface area contributed by atoms with Crippen LogP contribution in [0.4, 0.5) is 26.3 Å². The van der Waals surface area contributed by atoms with Crippen molar-refractivity contribution in [1.29, 1.82) is 0 Å². The number of ether oxygens (including phenoxy) is 5. The molecule has 0 radical (unpaired) electrons. The molecule has 2 fully saturated rings. The number of hydrogen-bond donors (Lipinski definition) is 1. The number of carbonyl (C=O) groups excluding carboxylic acids is 1. The lowest BCUT2D eigenvalue weighted by Crippen LogP contribution is -2.24. The van der Waals surface area contributed by atoms with Crippen molar-refractivity contribution in [2.24, 2.45) is 11.8 Å². The van der Waals surface area contributed by atoms with Crippen molar-refractivity contribution in [1.82, 2.24) is 4.57 Å². The first-order valence-electron chi connectivity index (χ1n) is 18.2. The van der Waals surface area contributed by atoms with Gasteiger partial charge in [0.25, 0.3) is 0 Å². The summed E-state index contributed by atoms with van der Waals surface area (Å²) in [6.45, 7) is 3.94. The summed E-state index contributed by atoms with van der Waals surface area (Å²) in [5.74, 6) is 0.117. The Morgan fingerprint density at radius 2 is 1.14 bits per heavy atom. The Kier molecular flexibility index (Phi) is 13.3. The van der Waals surface area contributed by atoms with Crippen LogP contribution < -0.4 is 20.0 Å². The molecule has 304 valence electrons. The Bertz CT molecular complexity index is 2150. The second-order valence-corrected chi connectivity index (χ2v) is 13.6. The van der Waals surface area contributed by atoms with Crippen LogP contribution in [-0.2, 0) is 27.2 Å². The van der Waals surface area contributed by atoms with E-state index in [4.69, 9.17) is 23.7 Å². The third-order valence-corrected chi connectivity index (χ3v) is 9.51. The Labute approximate surface area is 322 Å². The Morgan fingerprint density at radius 1 is 0.649 bits per heavy atom. The minimum atomic E-state index is -4.72. The monoisotopic (exact) mass is 803 g/mol. The average molecular weight is 804 g/mol. The van der Waals surface area contributed by atoms with Crippen LogP contribution in [0, 0.1) is 11.8 Å². The molecular weight excluding hydrogens is 764 g/mol. The van der Waals surface area contributed by atoms with Gasteiger partial charge in [-0.25, -0.2) is 4.79 Å². The van der Waals surface area contributed by atoms with Crippen molar-refractivity contribution < 1.29 is 64.3 Å². The maximum absolute atomic E-state index is 12.3. The fourth-order valence-electron chi connectivity index (χ4n) is 6.54. The van der Waals surface area contributed by atoms with Crippen LogP contribution in [0.15, 0.2) is 94.1 Å². The number of carbonyl (C=O) groups is 1. The maximum Gasteiger partial charge on any atom is 0.573 e. The second-order valence-electron chi connectivity index (χ2n) is 13.6.